The van der Waals surface area contributed by atoms with Crippen molar-refractivity contribution in [3.05, 3.63) is 60.0 Å². The number of carbonyl (C=O) groups is 1. The predicted molar refractivity (Wildman–Crippen MR) is 81.7 cm³/mol. The summed E-state index contributed by atoms with van der Waals surface area (Å²) in [5.41, 5.74) is 4.33. The Kier molecular flexibility index (Phi) is 2.57. The zero-order chi connectivity index (χ0) is 14.2. The Bertz CT molecular complexity index is 864. The van der Waals surface area contributed by atoms with E-state index in [2.05, 4.69) is 20.3 Å². The molecule has 5 nitrogen and oxygen atoms in total. The summed E-state index contributed by atoms with van der Waals surface area (Å²) in [4.78, 5) is 23.8. The minimum absolute atomic E-state index is 0.106. The SMILES string of the molecule is O=C1CN=C(c2ccncc2)c2[nH]c3ccccc3c2N1. The van der Waals surface area contributed by atoms with Crippen molar-refractivity contribution in [1.29, 1.82) is 0 Å². The lowest BCUT2D eigenvalue weighted by Gasteiger charge is -2.04. The summed E-state index contributed by atoms with van der Waals surface area (Å²) >= 11 is 0. The highest BCUT2D eigenvalue weighted by atomic mass is 16.1. The maximum absolute atomic E-state index is 11.9. The number of aromatic amines is 1. The van der Waals surface area contributed by atoms with Crippen molar-refractivity contribution in [2.45, 2.75) is 0 Å². The summed E-state index contributed by atoms with van der Waals surface area (Å²) in [6, 6.07) is 11.7. The van der Waals surface area contributed by atoms with E-state index in [1.54, 1.807) is 12.4 Å². The van der Waals surface area contributed by atoms with Crippen LogP contribution in [0, 0.1) is 0 Å². The third-order valence-corrected chi connectivity index (χ3v) is 3.54. The third kappa shape index (κ3) is 1.90. The molecule has 0 saturated heterocycles. The number of anilines is 1. The second-order valence-corrected chi connectivity index (χ2v) is 4.87. The number of hydrogen-bond acceptors (Lipinski definition) is 3. The number of benzene rings is 1. The Morgan fingerprint density at radius 3 is 2.71 bits per heavy atom. The highest BCUT2D eigenvalue weighted by Crippen LogP contribution is 2.30. The molecule has 0 aliphatic carbocycles. The van der Waals surface area contributed by atoms with E-state index in [1.165, 1.54) is 0 Å². The van der Waals surface area contributed by atoms with E-state index in [0.29, 0.717) is 0 Å². The predicted octanol–water partition coefficient (Wildman–Crippen LogP) is 2.35. The molecule has 4 rings (SSSR count). The van der Waals surface area contributed by atoms with Gasteiger partial charge in [0.2, 0.25) is 5.91 Å². The van der Waals surface area contributed by atoms with Crippen LogP contribution in [0.3, 0.4) is 0 Å². The Balaban J connectivity index is 2.00. The molecular weight excluding hydrogens is 264 g/mol. The van der Waals surface area contributed by atoms with Crippen LogP contribution in [0.4, 0.5) is 5.69 Å². The molecule has 1 aliphatic rings. The fourth-order valence-electron chi connectivity index (χ4n) is 2.60. The van der Waals surface area contributed by atoms with Crippen LogP contribution in [0.2, 0.25) is 0 Å². The van der Waals surface area contributed by atoms with Gasteiger partial charge in [-0.2, -0.15) is 0 Å². The fraction of sp³-hybridized carbons (Fsp3) is 0.0625. The van der Waals surface area contributed by atoms with Gasteiger partial charge in [0, 0.05) is 28.9 Å². The van der Waals surface area contributed by atoms with Crippen LogP contribution >= 0.6 is 0 Å². The van der Waals surface area contributed by atoms with Gasteiger partial charge in [-0.1, -0.05) is 18.2 Å². The average Bonchev–Trinajstić information content (AvgIpc) is 2.79. The van der Waals surface area contributed by atoms with Gasteiger partial charge in [-0.3, -0.25) is 14.8 Å². The lowest BCUT2D eigenvalue weighted by atomic mass is 10.1. The van der Waals surface area contributed by atoms with Crippen LogP contribution in [0.1, 0.15) is 11.3 Å². The summed E-state index contributed by atoms with van der Waals surface area (Å²) in [5.74, 6) is -0.106. The molecule has 3 aromatic rings. The average molecular weight is 276 g/mol. The third-order valence-electron chi connectivity index (χ3n) is 3.54. The summed E-state index contributed by atoms with van der Waals surface area (Å²) < 4.78 is 0. The van der Waals surface area contributed by atoms with Crippen LogP contribution in [-0.4, -0.2) is 28.1 Å². The van der Waals surface area contributed by atoms with Crippen LogP contribution < -0.4 is 5.32 Å². The van der Waals surface area contributed by atoms with Crippen molar-refractivity contribution < 1.29 is 4.79 Å². The molecule has 0 saturated carbocycles. The Morgan fingerprint density at radius 2 is 1.86 bits per heavy atom. The quantitative estimate of drug-likeness (QED) is 0.716. The molecule has 1 aliphatic heterocycles. The molecule has 1 aromatic carbocycles. The number of aliphatic imine (C=N–C) groups is 1. The van der Waals surface area contributed by atoms with E-state index < -0.39 is 0 Å². The Labute approximate surface area is 120 Å². The lowest BCUT2D eigenvalue weighted by molar-refractivity contribution is -0.114. The second kappa shape index (κ2) is 4.56. The maximum atomic E-state index is 11.9. The maximum Gasteiger partial charge on any atom is 0.246 e. The van der Waals surface area contributed by atoms with Crippen LogP contribution in [0.15, 0.2) is 53.8 Å². The van der Waals surface area contributed by atoms with E-state index in [0.717, 1.165) is 33.6 Å². The van der Waals surface area contributed by atoms with E-state index in [-0.39, 0.29) is 12.5 Å². The first-order valence-corrected chi connectivity index (χ1v) is 6.69. The van der Waals surface area contributed by atoms with Gasteiger partial charge in [0.25, 0.3) is 0 Å². The molecule has 0 bridgehead atoms. The molecule has 0 unspecified atom stereocenters. The van der Waals surface area contributed by atoms with Crippen molar-refractivity contribution in [3.63, 3.8) is 0 Å². The molecule has 0 spiro atoms. The first-order chi connectivity index (χ1) is 10.3. The second-order valence-electron chi connectivity index (χ2n) is 4.87. The van der Waals surface area contributed by atoms with Crippen molar-refractivity contribution in [2.24, 2.45) is 4.99 Å². The summed E-state index contributed by atoms with van der Waals surface area (Å²) in [5, 5.41) is 3.94. The molecule has 0 fully saturated rings. The first kappa shape index (κ1) is 11.8. The van der Waals surface area contributed by atoms with E-state index in [9.17, 15) is 4.79 Å². The highest BCUT2D eigenvalue weighted by molar-refractivity contribution is 6.22. The van der Waals surface area contributed by atoms with Crippen molar-refractivity contribution >= 4 is 28.2 Å². The van der Waals surface area contributed by atoms with Gasteiger partial charge in [-0.05, 0) is 18.2 Å². The van der Waals surface area contributed by atoms with Gasteiger partial charge in [0.15, 0.2) is 0 Å². The van der Waals surface area contributed by atoms with Gasteiger partial charge in [-0.15, -0.1) is 0 Å². The minimum atomic E-state index is -0.106. The molecule has 5 heteroatoms. The zero-order valence-electron chi connectivity index (χ0n) is 11.1. The van der Waals surface area contributed by atoms with Crippen LogP contribution in [-0.2, 0) is 4.79 Å². The van der Waals surface area contributed by atoms with Crippen molar-refractivity contribution in [3.8, 4) is 0 Å². The molecule has 2 aromatic heterocycles. The highest BCUT2D eigenvalue weighted by Gasteiger charge is 2.22. The smallest absolute Gasteiger partial charge is 0.246 e. The standard InChI is InChI=1S/C16H12N4O/c21-13-9-18-14(10-5-7-17-8-6-10)16-15(20-13)11-3-1-2-4-12(11)19-16/h1-8,19H,9H2,(H,20,21). The number of rotatable bonds is 1. The molecule has 21 heavy (non-hydrogen) atoms. The van der Waals surface area contributed by atoms with Gasteiger partial charge in [0.1, 0.15) is 6.54 Å². The summed E-state index contributed by atoms with van der Waals surface area (Å²) in [6.07, 6.45) is 3.45. The molecule has 2 N–H and O–H groups in total. The van der Waals surface area contributed by atoms with Gasteiger partial charge < -0.3 is 10.3 Å². The van der Waals surface area contributed by atoms with Gasteiger partial charge in [0.05, 0.1) is 17.1 Å². The van der Waals surface area contributed by atoms with Crippen molar-refractivity contribution in [1.82, 2.24) is 9.97 Å². The normalized spacial score (nSPS) is 14.3. The topological polar surface area (TPSA) is 70.1 Å². The number of nitrogens with one attached hydrogen (secondary N) is 2. The first-order valence-electron chi connectivity index (χ1n) is 6.69. The zero-order valence-corrected chi connectivity index (χ0v) is 11.1. The Hall–Kier alpha value is -2.95. The lowest BCUT2D eigenvalue weighted by Crippen LogP contribution is -2.13. The molecular formula is C16H12N4O. The Morgan fingerprint density at radius 1 is 1.05 bits per heavy atom. The molecule has 1 amide bonds. The number of para-hydroxylation sites is 1. The monoisotopic (exact) mass is 276 g/mol. The number of amides is 1. The summed E-state index contributed by atoms with van der Waals surface area (Å²) in [7, 11) is 0. The van der Waals surface area contributed by atoms with Crippen LogP contribution in [0.25, 0.3) is 10.9 Å². The minimum Gasteiger partial charge on any atom is -0.351 e. The number of fused-ring (bicyclic) bond motifs is 3. The summed E-state index contributed by atoms with van der Waals surface area (Å²) in [6.45, 7) is 0.120. The largest absolute Gasteiger partial charge is 0.351 e. The van der Waals surface area contributed by atoms with Crippen molar-refractivity contribution in [2.75, 3.05) is 11.9 Å². The van der Waals surface area contributed by atoms with Gasteiger partial charge >= 0.3 is 0 Å². The molecule has 102 valence electrons. The molecule has 0 radical (unpaired) electrons. The fourth-order valence-corrected chi connectivity index (χ4v) is 2.60. The van der Waals surface area contributed by atoms with Crippen LogP contribution in [0.5, 0.6) is 0 Å². The number of nitrogens with zero attached hydrogens (tertiary/aromatic N) is 2. The van der Waals surface area contributed by atoms with E-state index in [4.69, 9.17) is 0 Å². The number of pyridine rings is 1. The number of carbonyl (C=O) groups excluding carboxylic acids is 1. The van der Waals surface area contributed by atoms with E-state index in [1.807, 2.05) is 36.4 Å². The van der Waals surface area contributed by atoms with E-state index >= 15 is 0 Å². The van der Waals surface area contributed by atoms with Gasteiger partial charge in [-0.25, -0.2) is 0 Å². The number of H-pyrrole nitrogens is 1. The molecule has 3 heterocycles. The molecule has 0 atom stereocenters. The number of hydrogen-bond donors (Lipinski definition) is 2. The number of aromatic nitrogens is 2.